The van der Waals surface area contributed by atoms with Gasteiger partial charge in [0.05, 0.1) is 5.75 Å². The second-order valence-corrected chi connectivity index (χ2v) is 5.69. The number of rotatable bonds is 10. The minimum atomic E-state index is -3.73. The molecule has 0 aliphatic heterocycles. The summed E-state index contributed by atoms with van der Waals surface area (Å²) in [6.45, 7) is 2.20. The normalized spacial score (nSPS) is 11.1. The van der Waals surface area contributed by atoms with Crippen molar-refractivity contribution in [2.45, 2.75) is 64.7 Å². The van der Waals surface area contributed by atoms with Crippen molar-refractivity contribution in [3.05, 3.63) is 0 Å². The van der Waals surface area contributed by atoms with Crippen molar-refractivity contribution in [3.8, 4) is 0 Å². The van der Waals surface area contributed by atoms with E-state index < -0.39 is 10.1 Å². The molecule has 0 heterocycles. The summed E-state index contributed by atoms with van der Waals surface area (Å²) in [5.74, 6) is -0.0805. The standard InChI is InChI=1S/C11H24O3S.Na.H/c1-2-3-4-5-6-7-8-9-10-11-15(12,13)14;;/h2-11H2,1H3,(H,12,13,14);;. The molecule has 0 radical (unpaired) electrons. The van der Waals surface area contributed by atoms with E-state index in [4.69, 9.17) is 4.55 Å². The first-order chi connectivity index (χ1) is 7.06. The molecule has 0 aliphatic carbocycles. The quantitative estimate of drug-likeness (QED) is 0.373. The van der Waals surface area contributed by atoms with E-state index in [1.54, 1.807) is 0 Å². The fourth-order valence-electron chi connectivity index (χ4n) is 1.60. The second kappa shape index (κ2) is 12.4. The molecule has 94 valence electrons. The molecule has 0 rings (SSSR count). The molecule has 1 N–H and O–H groups in total. The van der Waals surface area contributed by atoms with Crippen LogP contribution in [0, 0.1) is 0 Å². The Kier molecular flexibility index (Phi) is 14.9. The molecule has 0 unspecified atom stereocenters. The topological polar surface area (TPSA) is 54.4 Å². The van der Waals surface area contributed by atoms with Crippen molar-refractivity contribution < 1.29 is 13.0 Å². The Labute approximate surface area is 122 Å². The summed E-state index contributed by atoms with van der Waals surface area (Å²) in [4.78, 5) is 0. The molecule has 0 aromatic carbocycles. The van der Waals surface area contributed by atoms with Gasteiger partial charge in [0.1, 0.15) is 0 Å². The van der Waals surface area contributed by atoms with E-state index in [0.29, 0.717) is 6.42 Å². The van der Waals surface area contributed by atoms with Gasteiger partial charge in [-0.1, -0.05) is 58.3 Å². The van der Waals surface area contributed by atoms with Crippen LogP contribution in [-0.2, 0) is 10.1 Å². The number of hydrogen-bond donors (Lipinski definition) is 1. The van der Waals surface area contributed by atoms with Gasteiger partial charge in [-0.05, 0) is 6.42 Å². The maximum atomic E-state index is 10.4. The van der Waals surface area contributed by atoms with Crippen LogP contribution >= 0.6 is 0 Å². The van der Waals surface area contributed by atoms with Crippen LogP contribution in [-0.4, -0.2) is 48.3 Å². The molecule has 0 spiro atoms. The maximum absolute atomic E-state index is 10.4. The van der Waals surface area contributed by atoms with Gasteiger partial charge < -0.3 is 0 Å². The van der Waals surface area contributed by atoms with Gasteiger partial charge >= 0.3 is 29.6 Å². The predicted octanol–water partition coefficient (Wildman–Crippen LogP) is 2.76. The van der Waals surface area contributed by atoms with Crippen molar-refractivity contribution >= 4 is 39.7 Å². The van der Waals surface area contributed by atoms with E-state index in [0.717, 1.165) is 12.8 Å². The first kappa shape index (κ1) is 19.3. The van der Waals surface area contributed by atoms with Gasteiger partial charge in [0.15, 0.2) is 0 Å². The molecule has 3 nitrogen and oxygen atoms in total. The van der Waals surface area contributed by atoms with Crippen LogP contribution in [0.3, 0.4) is 0 Å². The van der Waals surface area contributed by atoms with Crippen LogP contribution in [0.25, 0.3) is 0 Å². The summed E-state index contributed by atoms with van der Waals surface area (Å²) >= 11 is 0. The van der Waals surface area contributed by atoms with Crippen LogP contribution in [0.4, 0.5) is 0 Å². The average molecular weight is 260 g/mol. The van der Waals surface area contributed by atoms with Crippen molar-refractivity contribution in [2.75, 3.05) is 5.75 Å². The fraction of sp³-hybridized carbons (Fsp3) is 1.00. The van der Waals surface area contributed by atoms with Crippen LogP contribution in [0.2, 0.25) is 0 Å². The zero-order chi connectivity index (χ0) is 11.6. The Morgan fingerprint density at radius 1 is 0.812 bits per heavy atom. The Balaban J connectivity index is 0. The molecule has 16 heavy (non-hydrogen) atoms. The van der Waals surface area contributed by atoms with Crippen LogP contribution in [0.5, 0.6) is 0 Å². The monoisotopic (exact) mass is 260 g/mol. The zero-order valence-corrected chi connectivity index (χ0v) is 10.6. The summed E-state index contributed by atoms with van der Waals surface area (Å²) < 4.78 is 29.3. The summed E-state index contributed by atoms with van der Waals surface area (Å²) in [7, 11) is -3.73. The molecular formula is C11H25NaO3S. The molecular weight excluding hydrogens is 235 g/mol. The van der Waals surface area contributed by atoms with Crippen molar-refractivity contribution in [2.24, 2.45) is 0 Å². The molecule has 0 saturated carbocycles. The molecule has 0 fully saturated rings. The molecule has 0 aromatic rings. The second-order valence-electron chi connectivity index (χ2n) is 4.11. The van der Waals surface area contributed by atoms with Gasteiger partial charge in [0, 0.05) is 0 Å². The van der Waals surface area contributed by atoms with E-state index in [9.17, 15) is 8.42 Å². The van der Waals surface area contributed by atoms with Crippen LogP contribution in [0.15, 0.2) is 0 Å². The van der Waals surface area contributed by atoms with Gasteiger partial charge in [-0.3, -0.25) is 4.55 Å². The van der Waals surface area contributed by atoms with Crippen molar-refractivity contribution in [1.29, 1.82) is 0 Å². The molecule has 0 bridgehead atoms. The third kappa shape index (κ3) is 17.3. The van der Waals surface area contributed by atoms with Gasteiger partial charge in [0.25, 0.3) is 10.1 Å². The first-order valence-corrected chi connectivity index (χ1v) is 7.62. The van der Waals surface area contributed by atoms with Gasteiger partial charge in [-0.2, -0.15) is 8.42 Å². The number of unbranched alkanes of at least 4 members (excludes halogenated alkanes) is 8. The first-order valence-electron chi connectivity index (χ1n) is 6.01. The van der Waals surface area contributed by atoms with Gasteiger partial charge in [-0.15, -0.1) is 0 Å². The van der Waals surface area contributed by atoms with Crippen molar-refractivity contribution in [3.63, 3.8) is 0 Å². The molecule has 0 amide bonds. The van der Waals surface area contributed by atoms with E-state index in [1.807, 2.05) is 0 Å². The Morgan fingerprint density at radius 2 is 1.19 bits per heavy atom. The Bertz CT molecular complexity index is 227. The number of hydrogen-bond acceptors (Lipinski definition) is 2. The summed E-state index contributed by atoms with van der Waals surface area (Å²) in [5, 5.41) is 0. The molecule has 0 saturated heterocycles. The third-order valence-electron chi connectivity index (χ3n) is 2.51. The summed E-state index contributed by atoms with van der Waals surface area (Å²) in [5.41, 5.74) is 0. The van der Waals surface area contributed by atoms with Gasteiger partial charge in [-0.25, -0.2) is 0 Å². The van der Waals surface area contributed by atoms with E-state index in [1.165, 1.54) is 38.5 Å². The SMILES string of the molecule is CCCCCCCCCCCS(=O)(=O)O.[NaH]. The third-order valence-corrected chi connectivity index (χ3v) is 3.31. The van der Waals surface area contributed by atoms with Crippen molar-refractivity contribution in [1.82, 2.24) is 0 Å². The molecule has 0 aliphatic rings. The summed E-state index contributed by atoms with van der Waals surface area (Å²) in [6.07, 6.45) is 10.2. The molecule has 0 atom stereocenters. The molecule has 0 aromatic heterocycles. The van der Waals surface area contributed by atoms with E-state index in [-0.39, 0.29) is 35.3 Å². The predicted molar refractivity (Wildman–Crippen MR) is 70.8 cm³/mol. The Hall–Kier alpha value is 0.910. The zero-order valence-electron chi connectivity index (χ0n) is 9.74. The van der Waals surface area contributed by atoms with E-state index in [2.05, 4.69) is 6.92 Å². The Morgan fingerprint density at radius 3 is 1.56 bits per heavy atom. The van der Waals surface area contributed by atoms with E-state index >= 15 is 0 Å². The van der Waals surface area contributed by atoms with Gasteiger partial charge in [0.2, 0.25) is 0 Å². The summed E-state index contributed by atoms with van der Waals surface area (Å²) in [6, 6.07) is 0. The van der Waals surface area contributed by atoms with Crippen LogP contribution < -0.4 is 0 Å². The molecule has 5 heteroatoms. The fourth-order valence-corrected chi connectivity index (χ4v) is 2.16. The van der Waals surface area contributed by atoms with Crippen LogP contribution in [0.1, 0.15) is 64.7 Å². The average Bonchev–Trinajstić information content (AvgIpc) is 2.14. The minimum absolute atomic E-state index is 0.